The van der Waals surface area contributed by atoms with E-state index in [0.717, 1.165) is 6.07 Å². The Morgan fingerprint density at radius 3 is 2.31 bits per heavy atom. The van der Waals surface area contributed by atoms with E-state index >= 15 is 0 Å². The van der Waals surface area contributed by atoms with Crippen LogP contribution in [-0.2, 0) is 6.18 Å². The number of nitrogens with one attached hydrogen (secondary N) is 1. The molecule has 13 heavy (non-hydrogen) atoms. The number of alkyl halides is 3. The summed E-state index contributed by atoms with van der Waals surface area (Å²) in [6, 6.07) is 2.32. The van der Waals surface area contributed by atoms with Crippen molar-refractivity contribution < 1.29 is 13.2 Å². The molecule has 0 aromatic carbocycles. The summed E-state index contributed by atoms with van der Waals surface area (Å²) in [5, 5.41) is 2.67. The lowest BCUT2D eigenvalue weighted by Gasteiger charge is -2.10. The SMILES string of the molecule is CNc1ccc(C(F)(F)F)c(C)n1. The summed E-state index contributed by atoms with van der Waals surface area (Å²) in [6.45, 7) is 1.34. The molecule has 0 atom stereocenters. The molecule has 1 aromatic heterocycles. The first kappa shape index (κ1) is 9.83. The van der Waals surface area contributed by atoms with Crippen molar-refractivity contribution in [3.63, 3.8) is 0 Å². The van der Waals surface area contributed by atoms with Crippen molar-refractivity contribution in [2.75, 3.05) is 12.4 Å². The predicted molar refractivity (Wildman–Crippen MR) is 43.5 cm³/mol. The molecule has 0 spiro atoms. The molecule has 72 valence electrons. The maximum Gasteiger partial charge on any atom is 0.418 e. The molecule has 0 fully saturated rings. The lowest BCUT2D eigenvalue weighted by molar-refractivity contribution is -0.138. The van der Waals surface area contributed by atoms with Gasteiger partial charge >= 0.3 is 6.18 Å². The van der Waals surface area contributed by atoms with E-state index in [-0.39, 0.29) is 5.69 Å². The van der Waals surface area contributed by atoms with E-state index in [2.05, 4.69) is 10.3 Å². The van der Waals surface area contributed by atoms with Crippen LogP contribution in [0.3, 0.4) is 0 Å². The number of aryl methyl sites for hydroxylation is 1. The van der Waals surface area contributed by atoms with Crippen molar-refractivity contribution in [2.24, 2.45) is 0 Å². The summed E-state index contributed by atoms with van der Waals surface area (Å²) >= 11 is 0. The Kier molecular flexibility index (Phi) is 2.45. The van der Waals surface area contributed by atoms with Crippen LogP contribution >= 0.6 is 0 Å². The highest BCUT2D eigenvalue weighted by atomic mass is 19.4. The van der Waals surface area contributed by atoms with E-state index in [1.54, 1.807) is 7.05 Å². The van der Waals surface area contributed by atoms with Crippen molar-refractivity contribution >= 4 is 5.82 Å². The number of nitrogens with zero attached hydrogens (tertiary/aromatic N) is 1. The minimum atomic E-state index is -4.32. The molecule has 0 aliphatic rings. The monoisotopic (exact) mass is 190 g/mol. The number of hydrogen-bond acceptors (Lipinski definition) is 2. The van der Waals surface area contributed by atoms with Gasteiger partial charge in [0.25, 0.3) is 0 Å². The highest BCUT2D eigenvalue weighted by molar-refractivity contribution is 5.38. The van der Waals surface area contributed by atoms with E-state index in [4.69, 9.17) is 0 Å². The van der Waals surface area contributed by atoms with Crippen molar-refractivity contribution in [3.05, 3.63) is 23.4 Å². The standard InChI is InChI=1S/C8H9F3N2/c1-5-6(8(9,10)11)3-4-7(12-2)13-5/h3-4H,1-2H3,(H,12,13). The minimum absolute atomic E-state index is 0.0145. The molecule has 1 aromatic rings. The molecule has 0 aliphatic carbocycles. The first-order valence-electron chi connectivity index (χ1n) is 3.67. The van der Waals surface area contributed by atoms with Crippen LogP contribution in [0.2, 0.25) is 0 Å². The lowest BCUT2D eigenvalue weighted by Crippen LogP contribution is -2.09. The van der Waals surface area contributed by atoms with Gasteiger partial charge in [-0.05, 0) is 19.1 Å². The van der Waals surface area contributed by atoms with Gasteiger partial charge in [-0.25, -0.2) is 4.98 Å². The van der Waals surface area contributed by atoms with Gasteiger partial charge in [-0.3, -0.25) is 0 Å². The van der Waals surface area contributed by atoms with Crippen molar-refractivity contribution in [2.45, 2.75) is 13.1 Å². The van der Waals surface area contributed by atoms with Gasteiger partial charge in [-0.1, -0.05) is 0 Å². The summed E-state index contributed by atoms with van der Waals surface area (Å²) in [5.74, 6) is 0.436. The number of rotatable bonds is 1. The summed E-state index contributed by atoms with van der Waals surface area (Å²) in [6.07, 6.45) is -4.32. The molecule has 0 unspecified atom stereocenters. The summed E-state index contributed by atoms with van der Waals surface area (Å²) in [7, 11) is 1.61. The van der Waals surface area contributed by atoms with Crippen LogP contribution in [-0.4, -0.2) is 12.0 Å². The Morgan fingerprint density at radius 2 is 1.92 bits per heavy atom. The highest BCUT2D eigenvalue weighted by Crippen LogP contribution is 2.31. The maximum atomic E-state index is 12.2. The van der Waals surface area contributed by atoms with Crippen molar-refractivity contribution in [1.29, 1.82) is 0 Å². The third-order valence-electron chi connectivity index (χ3n) is 1.65. The molecule has 0 bridgehead atoms. The first-order valence-corrected chi connectivity index (χ1v) is 3.67. The van der Waals surface area contributed by atoms with Gasteiger partial charge in [0.2, 0.25) is 0 Å². The summed E-state index contributed by atoms with van der Waals surface area (Å²) in [5.41, 5.74) is -0.703. The fraction of sp³-hybridized carbons (Fsp3) is 0.375. The highest BCUT2D eigenvalue weighted by Gasteiger charge is 2.32. The first-order chi connectivity index (χ1) is 5.95. The predicted octanol–water partition coefficient (Wildman–Crippen LogP) is 2.45. The molecular formula is C8H9F3N2. The van der Waals surface area contributed by atoms with Gasteiger partial charge in [0.05, 0.1) is 11.3 Å². The van der Waals surface area contributed by atoms with E-state index in [1.807, 2.05) is 0 Å². The summed E-state index contributed by atoms with van der Waals surface area (Å²) in [4.78, 5) is 3.73. The topological polar surface area (TPSA) is 24.9 Å². The Morgan fingerprint density at radius 1 is 1.31 bits per heavy atom. The number of hydrogen-bond donors (Lipinski definition) is 1. The second-order valence-corrected chi connectivity index (χ2v) is 2.58. The molecule has 0 aliphatic heterocycles. The average Bonchev–Trinajstić information content (AvgIpc) is 2.01. The van der Waals surface area contributed by atoms with E-state index in [1.165, 1.54) is 13.0 Å². The zero-order valence-corrected chi connectivity index (χ0v) is 7.24. The molecule has 0 saturated heterocycles. The van der Waals surface area contributed by atoms with Crippen LogP contribution in [0.4, 0.5) is 19.0 Å². The maximum absolute atomic E-state index is 12.2. The number of anilines is 1. The molecular weight excluding hydrogens is 181 g/mol. The van der Waals surface area contributed by atoms with Gasteiger partial charge < -0.3 is 5.32 Å². The number of halogens is 3. The molecule has 0 amide bonds. The Bertz CT molecular complexity index is 307. The lowest BCUT2D eigenvalue weighted by atomic mass is 10.2. The fourth-order valence-corrected chi connectivity index (χ4v) is 1.000. The van der Waals surface area contributed by atoms with Crippen LogP contribution in [0.5, 0.6) is 0 Å². The zero-order valence-electron chi connectivity index (χ0n) is 7.24. The minimum Gasteiger partial charge on any atom is -0.373 e. The normalized spacial score (nSPS) is 11.5. The third-order valence-corrected chi connectivity index (χ3v) is 1.65. The third kappa shape index (κ3) is 2.11. The smallest absolute Gasteiger partial charge is 0.373 e. The molecule has 5 heteroatoms. The number of aromatic nitrogens is 1. The van der Waals surface area contributed by atoms with Gasteiger partial charge in [0, 0.05) is 7.05 Å². The van der Waals surface area contributed by atoms with E-state index < -0.39 is 11.7 Å². The molecule has 1 rings (SSSR count). The quantitative estimate of drug-likeness (QED) is 0.735. The van der Waals surface area contributed by atoms with Crippen LogP contribution in [0.15, 0.2) is 12.1 Å². The van der Waals surface area contributed by atoms with Gasteiger partial charge in [-0.2, -0.15) is 13.2 Å². The van der Waals surface area contributed by atoms with Gasteiger partial charge in [0.1, 0.15) is 5.82 Å². The zero-order chi connectivity index (χ0) is 10.1. The molecule has 0 radical (unpaired) electrons. The van der Waals surface area contributed by atoms with Gasteiger partial charge in [-0.15, -0.1) is 0 Å². The van der Waals surface area contributed by atoms with E-state index in [9.17, 15) is 13.2 Å². The fourth-order valence-electron chi connectivity index (χ4n) is 1.000. The van der Waals surface area contributed by atoms with Crippen molar-refractivity contribution in [3.8, 4) is 0 Å². The Hall–Kier alpha value is -1.26. The van der Waals surface area contributed by atoms with Crippen LogP contribution in [0.1, 0.15) is 11.3 Å². The molecule has 1 N–H and O–H groups in total. The van der Waals surface area contributed by atoms with Crippen molar-refractivity contribution in [1.82, 2.24) is 4.98 Å². The number of pyridine rings is 1. The van der Waals surface area contributed by atoms with Gasteiger partial charge in [0.15, 0.2) is 0 Å². The Balaban J connectivity index is 3.13. The van der Waals surface area contributed by atoms with Crippen LogP contribution < -0.4 is 5.32 Å². The van der Waals surface area contributed by atoms with Crippen LogP contribution in [0, 0.1) is 6.92 Å². The average molecular weight is 190 g/mol. The summed E-state index contributed by atoms with van der Waals surface area (Å²) < 4.78 is 36.7. The largest absolute Gasteiger partial charge is 0.418 e. The molecule has 0 saturated carbocycles. The van der Waals surface area contributed by atoms with E-state index in [0.29, 0.717) is 5.82 Å². The van der Waals surface area contributed by atoms with Crippen LogP contribution in [0.25, 0.3) is 0 Å². The Labute approximate surface area is 73.8 Å². The molecule has 1 heterocycles. The second-order valence-electron chi connectivity index (χ2n) is 2.58. The second kappa shape index (κ2) is 3.24. The molecule has 2 nitrogen and oxygen atoms in total.